The number of halogens is 1. The van der Waals surface area contributed by atoms with Crippen molar-refractivity contribution >= 4 is 11.6 Å². The molecule has 0 amide bonds. The first-order valence-corrected chi connectivity index (χ1v) is 9.42. The van der Waals surface area contributed by atoms with Crippen LogP contribution >= 0.6 is 0 Å². The fourth-order valence-electron chi connectivity index (χ4n) is 3.69. The van der Waals surface area contributed by atoms with Crippen LogP contribution in [-0.4, -0.2) is 74.7 Å². The van der Waals surface area contributed by atoms with Crippen molar-refractivity contribution in [2.45, 2.75) is 25.8 Å². The van der Waals surface area contributed by atoms with Gasteiger partial charge in [0.15, 0.2) is 5.96 Å². The molecule has 0 aromatic heterocycles. The van der Waals surface area contributed by atoms with Crippen LogP contribution in [0.25, 0.3) is 0 Å². The van der Waals surface area contributed by atoms with E-state index in [0.29, 0.717) is 11.7 Å². The van der Waals surface area contributed by atoms with Crippen LogP contribution in [0.3, 0.4) is 0 Å². The molecule has 1 atom stereocenters. The van der Waals surface area contributed by atoms with Gasteiger partial charge in [0.2, 0.25) is 0 Å². The summed E-state index contributed by atoms with van der Waals surface area (Å²) in [6, 6.07) is 7.60. The molecular formula is C19H30FN5. The van der Waals surface area contributed by atoms with Gasteiger partial charge in [-0.15, -0.1) is 0 Å². The molecule has 1 aromatic carbocycles. The van der Waals surface area contributed by atoms with Crippen LogP contribution in [0.4, 0.5) is 10.1 Å². The summed E-state index contributed by atoms with van der Waals surface area (Å²) in [6.45, 7) is 8.36. The predicted octanol–water partition coefficient (Wildman–Crippen LogP) is 2.01. The van der Waals surface area contributed by atoms with Gasteiger partial charge in [-0.1, -0.05) is 12.1 Å². The molecule has 25 heavy (non-hydrogen) atoms. The minimum atomic E-state index is -0.138. The number of guanidine groups is 1. The number of piperazine rings is 1. The first-order chi connectivity index (χ1) is 12.2. The molecule has 0 aliphatic carbocycles. The van der Waals surface area contributed by atoms with Gasteiger partial charge < -0.3 is 20.0 Å². The summed E-state index contributed by atoms with van der Waals surface area (Å²) in [5, 5.41) is 3.42. The second kappa shape index (κ2) is 8.52. The van der Waals surface area contributed by atoms with Gasteiger partial charge in [0, 0.05) is 38.8 Å². The topological polar surface area (TPSA) is 34.1 Å². The molecule has 1 unspecified atom stereocenters. The Labute approximate surface area is 150 Å². The van der Waals surface area contributed by atoms with Crippen molar-refractivity contribution < 1.29 is 4.39 Å². The lowest BCUT2D eigenvalue weighted by molar-refractivity contribution is 0.314. The van der Waals surface area contributed by atoms with Gasteiger partial charge in [0.25, 0.3) is 0 Å². The third-order valence-electron chi connectivity index (χ3n) is 5.23. The van der Waals surface area contributed by atoms with E-state index >= 15 is 0 Å². The van der Waals surface area contributed by atoms with Crippen molar-refractivity contribution in [1.82, 2.24) is 15.1 Å². The highest BCUT2D eigenvalue weighted by molar-refractivity contribution is 5.80. The molecule has 6 heteroatoms. The Bertz CT molecular complexity index is 583. The third-order valence-corrected chi connectivity index (χ3v) is 5.23. The number of anilines is 1. The van der Waals surface area contributed by atoms with E-state index in [9.17, 15) is 4.39 Å². The molecule has 3 rings (SSSR count). The summed E-state index contributed by atoms with van der Waals surface area (Å²) < 4.78 is 14.0. The maximum absolute atomic E-state index is 14.0. The number of nitrogens with one attached hydrogen (secondary N) is 1. The van der Waals surface area contributed by atoms with Crippen LogP contribution in [0.2, 0.25) is 0 Å². The Balaban J connectivity index is 1.59. The standard InChI is InChI=1S/C19H30FN5/c1-3-21-19(22-15-16-7-6-10-23(16)2)25-13-11-24(12-14-25)18-9-5-4-8-17(18)20/h4-5,8-9,16H,3,6-7,10-15H2,1-2H3,(H,21,22). The molecule has 0 saturated carbocycles. The molecule has 2 aliphatic rings. The second-order valence-corrected chi connectivity index (χ2v) is 6.90. The largest absolute Gasteiger partial charge is 0.366 e. The zero-order valence-electron chi connectivity index (χ0n) is 15.4. The van der Waals surface area contributed by atoms with Crippen LogP contribution in [0.1, 0.15) is 19.8 Å². The number of benzene rings is 1. The van der Waals surface area contributed by atoms with E-state index in [1.807, 2.05) is 12.1 Å². The fraction of sp³-hybridized carbons (Fsp3) is 0.632. The average molecular weight is 347 g/mol. The lowest BCUT2D eigenvalue weighted by Crippen LogP contribution is -2.53. The lowest BCUT2D eigenvalue weighted by atomic mass is 10.2. The SMILES string of the molecule is CCNC(=NCC1CCCN1C)N1CCN(c2ccccc2F)CC1. The molecule has 1 aromatic rings. The zero-order valence-corrected chi connectivity index (χ0v) is 15.4. The molecule has 0 bridgehead atoms. The van der Waals surface area contributed by atoms with Crippen LogP contribution in [-0.2, 0) is 0 Å². The molecule has 1 N–H and O–H groups in total. The number of hydrogen-bond acceptors (Lipinski definition) is 3. The summed E-state index contributed by atoms with van der Waals surface area (Å²) in [4.78, 5) is 11.7. The van der Waals surface area contributed by atoms with Crippen molar-refractivity contribution in [2.24, 2.45) is 4.99 Å². The predicted molar refractivity (Wildman–Crippen MR) is 102 cm³/mol. The number of likely N-dealkylation sites (N-methyl/N-ethyl adjacent to an activating group) is 1. The van der Waals surface area contributed by atoms with Gasteiger partial charge in [-0.2, -0.15) is 0 Å². The minimum absolute atomic E-state index is 0.138. The number of rotatable bonds is 4. The maximum Gasteiger partial charge on any atom is 0.194 e. The molecule has 0 spiro atoms. The van der Waals surface area contributed by atoms with E-state index in [4.69, 9.17) is 4.99 Å². The molecule has 0 radical (unpaired) electrons. The van der Waals surface area contributed by atoms with Gasteiger partial charge in [0.05, 0.1) is 12.2 Å². The third kappa shape index (κ3) is 4.42. The smallest absolute Gasteiger partial charge is 0.194 e. The van der Waals surface area contributed by atoms with Crippen molar-refractivity contribution in [3.8, 4) is 0 Å². The summed E-state index contributed by atoms with van der Waals surface area (Å²) in [7, 11) is 2.19. The van der Waals surface area contributed by atoms with Crippen LogP contribution in [0.15, 0.2) is 29.3 Å². The lowest BCUT2D eigenvalue weighted by Gasteiger charge is -2.38. The van der Waals surface area contributed by atoms with Crippen molar-refractivity contribution in [2.75, 3.05) is 57.8 Å². The first-order valence-electron chi connectivity index (χ1n) is 9.42. The Morgan fingerprint density at radius 3 is 2.60 bits per heavy atom. The number of likely N-dealkylation sites (tertiary alicyclic amines) is 1. The highest BCUT2D eigenvalue weighted by atomic mass is 19.1. The molecule has 2 heterocycles. The zero-order chi connectivity index (χ0) is 17.6. The molecule has 2 fully saturated rings. The number of aliphatic imine (C=N–C) groups is 1. The van der Waals surface area contributed by atoms with E-state index in [0.717, 1.165) is 45.2 Å². The van der Waals surface area contributed by atoms with Gasteiger partial charge in [-0.25, -0.2) is 4.39 Å². The number of nitrogens with zero attached hydrogens (tertiary/aromatic N) is 4. The second-order valence-electron chi connectivity index (χ2n) is 6.90. The monoisotopic (exact) mass is 347 g/mol. The highest BCUT2D eigenvalue weighted by Crippen LogP contribution is 2.20. The van der Waals surface area contributed by atoms with Gasteiger partial charge in [0.1, 0.15) is 5.82 Å². The summed E-state index contributed by atoms with van der Waals surface area (Å²) in [6.07, 6.45) is 2.51. The van der Waals surface area contributed by atoms with Crippen LogP contribution in [0, 0.1) is 5.82 Å². The summed E-state index contributed by atoms with van der Waals surface area (Å²) in [5.74, 6) is 0.858. The highest BCUT2D eigenvalue weighted by Gasteiger charge is 2.23. The van der Waals surface area contributed by atoms with Crippen LogP contribution in [0.5, 0.6) is 0 Å². The summed E-state index contributed by atoms with van der Waals surface area (Å²) >= 11 is 0. The van der Waals surface area contributed by atoms with Gasteiger partial charge >= 0.3 is 0 Å². The van der Waals surface area contributed by atoms with Crippen molar-refractivity contribution in [3.63, 3.8) is 0 Å². The van der Waals surface area contributed by atoms with Gasteiger partial charge in [-0.05, 0) is 45.5 Å². The molecule has 138 valence electrons. The van der Waals surface area contributed by atoms with E-state index in [1.54, 1.807) is 6.07 Å². The maximum atomic E-state index is 14.0. The molecule has 5 nitrogen and oxygen atoms in total. The van der Waals surface area contributed by atoms with E-state index in [2.05, 4.69) is 34.0 Å². The molecule has 2 saturated heterocycles. The van der Waals surface area contributed by atoms with E-state index in [-0.39, 0.29) is 5.82 Å². The van der Waals surface area contributed by atoms with Crippen LogP contribution < -0.4 is 10.2 Å². The molecular weight excluding hydrogens is 317 g/mol. The Hall–Kier alpha value is -1.82. The molecule has 2 aliphatic heterocycles. The number of para-hydroxylation sites is 1. The quantitative estimate of drug-likeness (QED) is 0.667. The minimum Gasteiger partial charge on any atom is -0.366 e. The first kappa shape index (κ1) is 18.0. The van der Waals surface area contributed by atoms with Crippen molar-refractivity contribution in [1.29, 1.82) is 0 Å². The Morgan fingerprint density at radius 2 is 1.96 bits per heavy atom. The average Bonchev–Trinajstić information content (AvgIpc) is 3.04. The number of hydrogen-bond donors (Lipinski definition) is 1. The normalized spacial score (nSPS) is 22.5. The van der Waals surface area contributed by atoms with Crippen molar-refractivity contribution in [3.05, 3.63) is 30.1 Å². The van der Waals surface area contributed by atoms with Gasteiger partial charge in [-0.3, -0.25) is 4.99 Å². The Kier molecular flexibility index (Phi) is 6.13. The van der Waals surface area contributed by atoms with E-state index in [1.165, 1.54) is 25.5 Å². The fourth-order valence-corrected chi connectivity index (χ4v) is 3.69. The summed E-state index contributed by atoms with van der Waals surface area (Å²) in [5.41, 5.74) is 0.705. The Morgan fingerprint density at radius 1 is 1.20 bits per heavy atom. The van der Waals surface area contributed by atoms with E-state index < -0.39 is 0 Å².